The van der Waals surface area contributed by atoms with Crippen molar-refractivity contribution in [2.75, 3.05) is 7.11 Å². The highest BCUT2D eigenvalue weighted by Gasteiger charge is 2.15. The fourth-order valence-electron chi connectivity index (χ4n) is 1.76. The first kappa shape index (κ1) is 13.9. The minimum atomic E-state index is 0.254. The molecule has 0 aliphatic carbocycles. The number of benzene rings is 1. The normalized spacial score (nSPS) is 10.6. The monoisotopic (exact) mass is 321 g/mol. The van der Waals surface area contributed by atoms with Gasteiger partial charge in [-0.25, -0.2) is 4.98 Å². The third-order valence-corrected chi connectivity index (χ3v) is 3.32. The molecule has 0 unspecified atom stereocenters. The molecule has 5 nitrogen and oxygen atoms in total. The van der Waals surface area contributed by atoms with Crippen molar-refractivity contribution in [2.45, 2.75) is 0 Å². The first-order valence-electron chi connectivity index (χ1n) is 5.97. The standard InChI is InChI=1S/C14H9Cl2N3O2/c1-20-10-4-2-8(3-5-10)13-18-14(21-19-13)11-6-9(15)7-17-12(11)16/h2-7H,1H3. The largest absolute Gasteiger partial charge is 0.497 e. The Bertz CT molecular complexity index is 772. The van der Waals surface area contributed by atoms with Gasteiger partial charge in [-0.3, -0.25) is 0 Å². The summed E-state index contributed by atoms with van der Waals surface area (Å²) in [6.07, 6.45) is 1.45. The number of nitrogens with zero attached hydrogens (tertiary/aromatic N) is 3. The van der Waals surface area contributed by atoms with E-state index in [4.69, 9.17) is 32.5 Å². The molecule has 0 N–H and O–H groups in total. The average molecular weight is 322 g/mol. The van der Waals surface area contributed by atoms with Crippen molar-refractivity contribution < 1.29 is 9.26 Å². The molecule has 0 aliphatic heterocycles. The third-order valence-electron chi connectivity index (χ3n) is 2.81. The number of methoxy groups -OCH3 is 1. The molecule has 106 valence electrons. The quantitative estimate of drug-likeness (QED) is 0.679. The molecule has 7 heteroatoms. The number of hydrogen-bond donors (Lipinski definition) is 0. The molecule has 0 atom stereocenters. The Hall–Kier alpha value is -2.11. The predicted molar refractivity (Wildman–Crippen MR) is 79.5 cm³/mol. The van der Waals surface area contributed by atoms with Crippen molar-refractivity contribution >= 4 is 23.2 Å². The molecule has 0 bridgehead atoms. The summed E-state index contributed by atoms with van der Waals surface area (Å²) in [5.74, 6) is 1.47. The molecule has 2 heterocycles. The lowest BCUT2D eigenvalue weighted by atomic mass is 10.2. The summed E-state index contributed by atoms with van der Waals surface area (Å²) in [5.41, 5.74) is 1.30. The molecule has 0 aliphatic rings. The second-order valence-electron chi connectivity index (χ2n) is 4.14. The second kappa shape index (κ2) is 5.71. The van der Waals surface area contributed by atoms with Crippen LogP contribution in [0.15, 0.2) is 41.1 Å². The van der Waals surface area contributed by atoms with Crippen LogP contribution in [-0.2, 0) is 0 Å². The second-order valence-corrected chi connectivity index (χ2v) is 4.94. The molecule has 0 radical (unpaired) electrons. The Morgan fingerprint density at radius 2 is 1.90 bits per heavy atom. The molecule has 21 heavy (non-hydrogen) atoms. The van der Waals surface area contributed by atoms with E-state index in [0.29, 0.717) is 16.4 Å². The summed E-state index contributed by atoms with van der Waals surface area (Å²) < 4.78 is 10.3. The van der Waals surface area contributed by atoms with E-state index in [2.05, 4.69) is 15.1 Å². The summed E-state index contributed by atoms with van der Waals surface area (Å²) in [4.78, 5) is 8.26. The molecular formula is C14H9Cl2N3O2. The molecule has 3 aromatic rings. The molecule has 0 amide bonds. The lowest BCUT2D eigenvalue weighted by Crippen LogP contribution is -1.85. The van der Waals surface area contributed by atoms with Crippen LogP contribution in [0.4, 0.5) is 0 Å². The highest BCUT2D eigenvalue weighted by atomic mass is 35.5. The van der Waals surface area contributed by atoms with Crippen LogP contribution >= 0.6 is 23.2 Å². The van der Waals surface area contributed by atoms with Gasteiger partial charge in [0.1, 0.15) is 10.9 Å². The van der Waals surface area contributed by atoms with Crippen LogP contribution in [-0.4, -0.2) is 22.2 Å². The molecular weight excluding hydrogens is 313 g/mol. The van der Waals surface area contributed by atoms with Crippen LogP contribution in [0.5, 0.6) is 5.75 Å². The Balaban J connectivity index is 1.97. The minimum absolute atomic E-state index is 0.254. The van der Waals surface area contributed by atoms with Crippen molar-refractivity contribution in [1.82, 2.24) is 15.1 Å². The zero-order valence-electron chi connectivity index (χ0n) is 10.9. The van der Waals surface area contributed by atoms with Gasteiger partial charge in [0.15, 0.2) is 0 Å². The van der Waals surface area contributed by atoms with E-state index < -0.39 is 0 Å². The Morgan fingerprint density at radius 1 is 1.14 bits per heavy atom. The van der Waals surface area contributed by atoms with Gasteiger partial charge in [-0.1, -0.05) is 28.4 Å². The Morgan fingerprint density at radius 3 is 2.62 bits per heavy atom. The van der Waals surface area contributed by atoms with E-state index >= 15 is 0 Å². The first-order chi connectivity index (χ1) is 10.2. The van der Waals surface area contributed by atoms with E-state index in [1.807, 2.05) is 24.3 Å². The van der Waals surface area contributed by atoms with Crippen molar-refractivity contribution in [2.24, 2.45) is 0 Å². The Kier molecular flexibility index (Phi) is 3.77. The fraction of sp³-hybridized carbons (Fsp3) is 0.0714. The molecule has 3 rings (SSSR count). The highest BCUT2D eigenvalue weighted by Crippen LogP contribution is 2.29. The number of halogens is 2. The van der Waals surface area contributed by atoms with Crippen LogP contribution in [0.1, 0.15) is 0 Å². The number of hydrogen-bond acceptors (Lipinski definition) is 5. The number of aromatic nitrogens is 3. The smallest absolute Gasteiger partial charge is 0.261 e. The van der Waals surface area contributed by atoms with Crippen molar-refractivity contribution in [3.8, 4) is 28.6 Å². The maximum Gasteiger partial charge on any atom is 0.261 e. The van der Waals surface area contributed by atoms with Crippen LogP contribution < -0.4 is 4.74 Å². The summed E-state index contributed by atoms with van der Waals surface area (Å²) in [7, 11) is 1.61. The van der Waals surface area contributed by atoms with Gasteiger partial charge in [-0.05, 0) is 30.3 Å². The minimum Gasteiger partial charge on any atom is -0.497 e. The number of pyridine rings is 1. The van der Waals surface area contributed by atoms with Crippen molar-refractivity contribution in [1.29, 1.82) is 0 Å². The number of ether oxygens (including phenoxy) is 1. The van der Waals surface area contributed by atoms with Gasteiger partial charge in [0.05, 0.1) is 17.7 Å². The summed E-state index contributed by atoms with van der Waals surface area (Å²) in [6.45, 7) is 0. The topological polar surface area (TPSA) is 61.0 Å². The summed E-state index contributed by atoms with van der Waals surface area (Å²) in [5, 5.41) is 4.63. The lowest BCUT2D eigenvalue weighted by Gasteiger charge is -1.99. The van der Waals surface area contributed by atoms with Gasteiger partial charge in [0.25, 0.3) is 5.89 Å². The zero-order valence-corrected chi connectivity index (χ0v) is 12.4. The summed E-state index contributed by atoms with van der Waals surface area (Å²) in [6, 6.07) is 8.94. The molecule has 0 spiro atoms. The fourth-order valence-corrected chi connectivity index (χ4v) is 2.10. The lowest BCUT2D eigenvalue weighted by molar-refractivity contribution is 0.415. The van der Waals surface area contributed by atoms with Crippen molar-refractivity contribution in [3.63, 3.8) is 0 Å². The van der Waals surface area contributed by atoms with Crippen LogP contribution in [0.25, 0.3) is 22.8 Å². The summed E-state index contributed by atoms with van der Waals surface area (Å²) >= 11 is 11.9. The van der Waals surface area contributed by atoms with E-state index in [9.17, 15) is 0 Å². The van der Waals surface area contributed by atoms with Gasteiger partial charge >= 0.3 is 0 Å². The molecule has 0 fully saturated rings. The highest BCUT2D eigenvalue weighted by molar-refractivity contribution is 6.34. The van der Waals surface area contributed by atoms with E-state index in [-0.39, 0.29) is 11.0 Å². The van der Waals surface area contributed by atoms with Gasteiger partial charge in [-0.2, -0.15) is 4.98 Å². The van der Waals surface area contributed by atoms with Crippen LogP contribution in [0, 0.1) is 0 Å². The molecule has 2 aromatic heterocycles. The zero-order chi connectivity index (χ0) is 14.8. The third kappa shape index (κ3) is 2.84. The average Bonchev–Trinajstić information content (AvgIpc) is 2.99. The van der Waals surface area contributed by atoms with Gasteiger partial charge in [0.2, 0.25) is 5.82 Å². The number of rotatable bonds is 3. The van der Waals surface area contributed by atoms with Crippen molar-refractivity contribution in [3.05, 3.63) is 46.7 Å². The maximum absolute atomic E-state index is 6.01. The van der Waals surface area contributed by atoms with Crippen LogP contribution in [0.2, 0.25) is 10.2 Å². The van der Waals surface area contributed by atoms with Gasteiger partial charge in [-0.15, -0.1) is 0 Å². The molecule has 0 saturated carbocycles. The van der Waals surface area contributed by atoms with Gasteiger partial charge < -0.3 is 9.26 Å². The maximum atomic E-state index is 6.01. The predicted octanol–water partition coefficient (Wildman–Crippen LogP) is 4.11. The van der Waals surface area contributed by atoms with Crippen LogP contribution in [0.3, 0.4) is 0 Å². The van der Waals surface area contributed by atoms with E-state index in [1.165, 1.54) is 6.20 Å². The van der Waals surface area contributed by atoms with Gasteiger partial charge in [0, 0.05) is 11.8 Å². The van der Waals surface area contributed by atoms with E-state index in [1.54, 1.807) is 13.2 Å². The molecule has 0 saturated heterocycles. The van der Waals surface area contributed by atoms with E-state index in [0.717, 1.165) is 11.3 Å². The molecule has 1 aromatic carbocycles. The first-order valence-corrected chi connectivity index (χ1v) is 6.72. The Labute approximate surface area is 130 Å². The SMILES string of the molecule is COc1ccc(-c2noc(-c3cc(Cl)cnc3Cl)n2)cc1.